The third-order valence-electron chi connectivity index (χ3n) is 5.97. The van der Waals surface area contributed by atoms with Gasteiger partial charge in [-0.15, -0.1) is 0 Å². The van der Waals surface area contributed by atoms with Crippen LogP contribution < -0.4 is 10.6 Å². The van der Waals surface area contributed by atoms with Crippen LogP contribution in [0.1, 0.15) is 48.9 Å². The highest BCUT2D eigenvalue weighted by Gasteiger charge is 2.64. The Kier molecular flexibility index (Phi) is 6.40. The zero-order valence-corrected chi connectivity index (χ0v) is 20.2. The van der Waals surface area contributed by atoms with E-state index in [2.05, 4.69) is 15.0 Å². The first-order valence-corrected chi connectivity index (χ1v) is 11.2. The molecule has 1 amide bonds. The van der Waals surface area contributed by atoms with Crippen molar-refractivity contribution in [1.82, 2.24) is 9.97 Å². The van der Waals surface area contributed by atoms with Crippen molar-refractivity contribution in [3.05, 3.63) is 53.4 Å². The van der Waals surface area contributed by atoms with E-state index in [1.165, 1.54) is 36.5 Å². The van der Waals surface area contributed by atoms with Crippen LogP contribution in [0.15, 0.2) is 35.6 Å². The van der Waals surface area contributed by atoms with Crippen molar-refractivity contribution in [1.29, 1.82) is 0 Å². The topological polar surface area (TPSA) is 120 Å². The highest BCUT2D eigenvalue weighted by molar-refractivity contribution is 5.94. The molecule has 0 saturated heterocycles. The maximum Gasteiger partial charge on any atom is 0.414 e. The molecule has 9 nitrogen and oxygen atoms in total. The Morgan fingerprint density at radius 1 is 1.28 bits per heavy atom. The molecule has 1 aliphatic carbocycles. The lowest BCUT2D eigenvalue weighted by molar-refractivity contribution is 0.0176. The maximum absolute atomic E-state index is 14.8. The van der Waals surface area contributed by atoms with Gasteiger partial charge in [0.1, 0.15) is 17.5 Å². The second-order valence-corrected chi connectivity index (χ2v) is 9.79. The molecule has 2 aliphatic rings. The molecule has 0 unspecified atom stereocenters. The standard InChI is InChI=1S/C24H26F3N5O4/c1-23(2,3)36-22(34)32(4)13-10-29-19(30-11-13)17(33)8-12-5-6-16(25)14(7-12)24(20(26)27)15-9-18(15)35-21(28)31-24/h5-7,10-11,15,18,20H,8-9H2,1-4H3,(H2,28,31)/t15-,18+,24+/m0/s1. The quantitative estimate of drug-likeness (QED) is 0.596. The number of rotatable bonds is 6. The van der Waals surface area contributed by atoms with Gasteiger partial charge in [0, 0.05) is 24.9 Å². The number of carbonyl (C=O) groups is 2. The van der Waals surface area contributed by atoms with Crippen LogP contribution in [-0.2, 0) is 21.4 Å². The first-order chi connectivity index (χ1) is 16.8. The number of benzene rings is 1. The number of ketones is 1. The molecular weight excluding hydrogens is 479 g/mol. The molecule has 4 rings (SSSR count). The number of hydrogen-bond donors (Lipinski definition) is 1. The number of amides is 1. The molecule has 36 heavy (non-hydrogen) atoms. The summed E-state index contributed by atoms with van der Waals surface area (Å²) in [6, 6.07) is 3.15. The molecule has 1 aromatic heterocycles. The Balaban J connectivity index is 1.54. The minimum atomic E-state index is -3.03. The van der Waals surface area contributed by atoms with Crippen LogP contribution in [0.4, 0.5) is 23.7 Å². The number of aromatic nitrogens is 2. The van der Waals surface area contributed by atoms with Crippen LogP contribution in [0.25, 0.3) is 0 Å². The minimum absolute atomic E-state index is 0.152. The largest absolute Gasteiger partial charge is 0.462 e. The third kappa shape index (κ3) is 4.84. The van der Waals surface area contributed by atoms with Crippen molar-refractivity contribution in [2.24, 2.45) is 16.6 Å². The first-order valence-electron chi connectivity index (χ1n) is 11.2. The number of nitrogens with zero attached hydrogens (tertiary/aromatic N) is 4. The van der Waals surface area contributed by atoms with Crippen LogP contribution in [0.3, 0.4) is 0 Å². The molecule has 0 spiro atoms. The number of ether oxygens (including phenoxy) is 2. The fraction of sp³-hybridized carbons (Fsp3) is 0.458. The van der Waals surface area contributed by atoms with E-state index in [-0.39, 0.29) is 29.8 Å². The van der Waals surface area contributed by atoms with E-state index in [9.17, 15) is 22.8 Å². The van der Waals surface area contributed by atoms with Crippen molar-refractivity contribution in [3.63, 3.8) is 0 Å². The van der Waals surface area contributed by atoms with Crippen LogP contribution in [0.5, 0.6) is 0 Å². The Morgan fingerprint density at radius 3 is 2.56 bits per heavy atom. The number of aliphatic imine (C=N–C) groups is 1. The predicted molar refractivity (Wildman–Crippen MR) is 123 cm³/mol. The molecule has 2 heterocycles. The number of hydrogen-bond acceptors (Lipinski definition) is 8. The normalized spacial score (nSPS) is 22.8. The molecule has 0 radical (unpaired) electrons. The number of Topliss-reactive ketones (excluding diaryl/α,β-unsaturated/α-hetero) is 1. The second-order valence-electron chi connectivity index (χ2n) is 9.79. The van der Waals surface area contributed by atoms with Crippen molar-refractivity contribution in [2.45, 2.75) is 57.3 Å². The lowest BCUT2D eigenvalue weighted by Crippen LogP contribution is -2.43. The number of fused-ring (bicyclic) bond motifs is 1. The van der Waals surface area contributed by atoms with Gasteiger partial charge in [0.05, 0.1) is 18.1 Å². The van der Waals surface area contributed by atoms with Crippen LogP contribution in [0, 0.1) is 11.7 Å². The first kappa shape index (κ1) is 25.4. The predicted octanol–water partition coefficient (Wildman–Crippen LogP) is 3.61. The smallest absolute Gasteiger partial charge is 0.414 e. The highest BCUT2D eigenvalue weighted by Crippen LogP contribution is 2.56. The van der Waals surface area contributed by atoms with Gasteiger partial charge in [0.2, 0.25) is 5.78 Å². The van der Waals surface area contributed by atoms with E-state index in [0.717, 1.165) is 6.07 Å². The molecule has 1 aliphatic heterocycles. The average molecular weight is 505 g/mol. The zero-order chi connectivity index (χ0) is 26.4. The summed E-state index contributed by atoms with van der Waals surface area (Å²) in [7, 11) is 1.48. The fourth-order valence-corrected chi connectivity index (χ4v) is 4.13. The highest BCUT2D eigenvalue weighted by atomic mass is 19.3. The van der Waals surface area contributed by atoms with Crippen molar-refractivity contribution >= 4 is 23.6 Å². The molecule has 0 bridgehead atoms. The molecule has 12 heteroatoms. The summed E-state index contributed by atoms with van der Waals surface area (Å²) in [4.78, 5) is 38.1. The van der Waals surface area contributed by atoms with Gasteiger partial charge < -0.3 is 15.2 Å². The second kappa shape index (κ2) is 9.07. The monoisotopic (exact) mass is 505 g/mol. The molecule has 1 saturated carbocycles. The van der Waals surface area contributed by atoms with Crippen LogP contribution >= 0.6 is 0 Å². The van der Waals surface area contributed by atoms with Gasteiger partial charge in [-0.2, -0.15) is 0 Å². The summed E-state index contributed by atoms with van der Waals surface area (Å²) in [6.07, 6.45) is -1.61. The van der Waals surface area contributed by atoms with Crippen molar-refractivity contribution in [3.8, 4) is 0 Å². The SMILES string of the molecule is CN(C(=O)OC(C)(C)C)c1cnc(C(=O)Cc2ccc(F)c([C@@]3(C(F)F)N=C(N)O[C@@H]4C[C@@H]43)c2)nc1. The Labute approximate surface area is 205 Å². The summed E-state index contributed by atoms with van der Waals surface area (Å²) in [6.45, 7) is 5.19. The summed E-state index contributed by atoms with van der Waals surface area (Å²) in [5.41, 5.74) is 2.98. The lowest BCUT2D eigenvalue weighted by atomic mass is 9.83. The molecule has 1 fully saturated rings. The van der Waals surface area contributed by atoms with E-state index < -0.39 is 53.3 Å². The van der Waals surface area contributed by atoms with Crippen LogP contribution in [-0.4, -0.2) is 53.0 Å². The van der Waals surface area contributed by atoms with Crippen molar-refractivity contribution < 1.29 is 32.2 Å². The van der Waals surface area contributed by atoms with E-state index in [1.807, 2.05) is 0 Å². The van der Waals surface area contributed by atoms with Gasteiger partial charge in [-0.1, -0.05) is 6.07 Å². The Hall–Kier alpha value is -3.70. The van der Waals surface area contributed by atoms with E-state index in [0.29, 0.717) is 5.69 Å². The molecule has 1 aromatic carbocycles. The average Bonchev–Trinajstić information content (AvgIpc) is 3.57. The molecule has 192 valence electrons. The summed E-state index contributed by atoms with van der Waals surface area (Å²) in [5, 5.41) is 0. The van der Waals surface area contributed by atoms with Gasteiger partial charge in [-0.05, 0) is 44.9 Å². The number of nitrogens with two attached hydrogens (primary N) is 1. The zero-order valence-electron chi connectivity index (χ0n) is 20.2. The lowest BCUT2D eigenvalue weighted by Gasteiger charge is -2.33. The van der Waals surface area contributed by atoms with Gasteiger partial charge in [0.25, 0.3) is 12.4 Å². The Bertz CT molecular complexity index is 1220. The number of alkyl halides is 2. The number of carbonyl (C=O) groups excluding carboxylic acids is 2. The fourth-order valence-electron chi connectivity index (χ4n) is 4.13. The number of anilines is 1. The summed E-state index contributed by atoms with van der Waals surface area (Å²) >= 11 is 0. The molecule has 2 N–H and O–H groups in total. The van der Waals surface area contributed by atoms with Crippen molar-refractivity contribution in [2.75, 3.05) is 11.9 Å². The summed E-state index contributed by atoms with van der Waals surface area (Å²) in [5.74, 6) is -2.27. The van der Waals surface area contributed by atoms with Gasteiger partial charge in [-0.25, -0.2) is 32.9 Å². The maximum atomic E-state index is 14.8. The van der Waals surface area contributed by atoms with Crippen LogP contribution in [0.2, 0.25) is 0 Å². The van der Waals surface area contributed by atoms with E-state index >= 15 is 0 Å². The van der Waals surface area contributed by atoms with E-state index in [4.69, 9.17) is 15.2 Å². The third-order valence-corrected chi connectivity index (χ3v) is 5.97. The number of halogens is 3. The molecule has 2 aromatic rings. The van der Waals surface area contributed by atoms with Gasteiger partial charge in [0.15, 0.2) is 11.4 Å². The number of amidine groups is 1. The van der Waals surface area contributed by atoms with Gasteiger partial charge >= 0.3 is 6.09 Å². The molecule has 3 atom stereocenters. The van der Waals surface area contributed by atoms with E-state index in [1.54, 1.807) is 20.8 Å². The minimum Gasteiger partial charge on any atom is -0.462 e. The molecular formula is C24H26F3N5O4. The van der Waals surface area contributed by atoms with Gasteiger partial charge in [-0.3, -0.25) is 9.69 Å². The Morgan fingerprint density at radius 2 is 1.94 bits per heavy atom. The summed E-state index contributed by atoms with van der Waals surface area (Å²) < 4.78 is 53.9.